The van der Waals surface area contributed by atoms with Crippen molar-refractivity contribution in [3.63, 3.8) is 0 Å². The summed E-state index contributed by atoms with van der Waals surface area (Å²) < 4.78 is 0. The van der Waals surface area contributed by atoms with Gasteiger partial charge in [0.05, 0.1) is 5.69 Å². The Morgan fingerprint density at radius 3 is 2.73 bits per heavy atom. The van der Waals surface area contributed by atoms with Gasteiger partial charge in [0.2, 0.25) is 0 Å². The first-order valence-electron chi connectivity index (χ1n) is 9.71. The molecule has 1 atom stereocenters. The average Bonchev–Trinajstić information content (AvgIpc) is 2.93. The van der Waals surface area contributed by atoms with Gasteiger partial charge in [0.25, 0.3) is 5.91 Å². The van der Waals surface area contributed by atoms with Gasteiger partial charge >= 0.3 is 0 Å². The highest BCUT2D eigenvalue weighted by Gasteiger charge is 2.37. The number of hydrogen-bond acceptors (Lipinski definition) is 3. The van der Waals surface area contributed by atoms with E-state index in [2.05, 4.69) is 21.8 Å². The molecule has 0 unspecified atom stereocenters. The molecule has 0 aliphatic carbocycles. The maximum Gasteiger partial charge on any atom is 0.253 e. The largest absolute Gasteiger partial charge is 0.346 e. The fraction of sp³-hybridized carbons (Fsp3) is 0.524. The van der Waals surface area contributed by atoms with E-state index < -0.39 is 0 Å². The van der Waals surface area contributed by atoms with Crippen LogP contribution in [0.2, 0.25) is 0 Å². The smallest absolute Gasteiger partial charge is 0.253 e. The summed E-state index contributed by atoms with van der Waals surface area (Å²) in [4.78, 5) is 25.3. The van der Waals surface area contributed by atoms with E-state index in [-0.39, 0.29) is 5.91 Å². The number of imidazole rings is 1. The molecule has 2 aliphatic heterocycles. The molecule has 0 bridgehead atoms. The standard InChI is InChI=1S/C21H28N4O/c1-14-7-4-5-10-25(14)19-12-24(13-19)21(26)18-9-6-8-17(11-18)20-15(2)22-16(3)23-20/h6,8-9,11,14,19H,4-5,7,10,12-13H2,1-3H3,(H,22,23)/t14-/m0/s1. The molecule has 3 heterocycles. The number of carbonyl (C=O) groups excluding carboxylic acids is 1. The summed E-state index contributed by atoms with van der Waals surface area (Å²) in [5.41, 5.74) is 3.73. The molecule has 138 valence electrons. The van der Waals surface area contributed by atoms with Crippen LogP contribution in [0.1, 0.15) is 48.1 Å². The lowest BCUT2D eigenvalue weighted by Crippen LogP contribution is -2.63. The molecular weight excluding hydrogens is 324 g/mol. The second kappa shape index (κ2) is 6.88. The summed E-state index contributed by atoms with van der Waals surface area (Å²) in [6, 6.07) is 9.05. The van der Waals surface area contributed by atoms with E-state index in [1.807, 2.05) is 43.0 Å². The number of aryl methyl sites for hydroxylation is 2. The number of rotatable bonds is 3. The van der Waals surface area contributed by atoms with Crippen LogP contribution in [0, 0.1) is 13.8 Å². The minimum Gasteiger partial charge on any atom is -0.346 e. The highest BCUT2D eigenvalue weighted by molar-refractivity contribution is 5.96. The fourth-order valence-electron chi connectivity index (χ4n) is 4.37. The van der Waals surface area contributed by atoms with Gasteiger partial charge in [-0.05, 0) is 52.3 Å². The first-order valence-corrected chi connectivity index (χ1v) is 9.71. The van der Waals surface area contributed by atoms with Crippen LogP contribution in [-0.4, -0.2) is 57.4 Å². The number of likely N-dealkylation sites (tertiary alicyclic amines) is 2. The summed E-state index contributed by atoms with van der Waals surface area (Å²) in [5.74, 6) is 1.04. The summed E-state index contributed by atoms with van der Waals surface area (Å²) in [7, 11) is 0. The van der Waals surface area contributed by atoms with Crippen molar-refractivity contribution in [2.24, 2.45) is 0 Å². The molecule has 26 heavy (non-hydrogen) atoms. The van der Waals surface area contributed by atoms with Crippen LogP contribution in [0.3, 0.4) is 0 Å². The molecule has 2 fully saturated rings. The Morgan fingerprint density at radius 1 is 1.23 bits per heavy atom. The van der Waals surface area contributed by atoms with Crippen molar-refractivity contribution in [2.75, 3.05) is 19.6 Å². The van der Waals surface area contributed by atoms with E-state index in [0.29, 0.717) is 12.1 Å². The van der Waals surface area contributed by atoms with Gasteiger partial charge in [-0.1, -0.05) is 18.6 Å². The molecule has 0 saturated carbocycles. The van der Waals surface area contributed by atoms with Crippen molar-refractivity contribution < 1.29 is 4.79 Å². The number of carbonyl (C=O) groups is 1. The van der Waals surface area contributed by atoms with E-state index in [9.17, 15) is 4.79 Å². The average molecular weight is 352 g/mol. The number of benzene rings is 1. The summed E-state index contributed by atoms with van der Waals surface area (Å²) in [5, 5.41) is 0. The Labute approximate surface area is 155 Å². The van der Waals surface area contributed by atoms with E-state index in [0.717, 1.165) is 41.4 Å². The van der Waals surface area contributed by atoms with Crippen molar-refractivity contribution >= 4 is 5.91 Å². The molecule has 5 nitrogen and oxygen atoms in total. The molecule has 5 heteroatoms. The van der Waals surface area contributed by atoms with Crippen LogP contribution in [0.4, 0.5) is 0 Å². The first-order chi connectivity index (χ1) is 12.5. The lowest BCUT2D eigenvalue weighted by Gasteiger charge is -2.49. The number of piperidine rings is 1. The predicted octanol–water partition coefficient (Wildman–Crippen LogP) is 3.39. The van der Waals surface area contributed by atoms with E-state index in [1.165, 1.54) is 25.8 Å². The molecule has 2 aromatic rings. The summed E-state index contributed by atoms with van der Waals surface area (Å²) in [6.45, 7) is 9.18. The molecule has 1 N–H and O–H groups in total. The normalized spacial score (nSPS) is 21.7. The van der Waals surface area contributed by atoms with Gasteiger partial charge in [0.15, 0.2) is 0 Å². The molecule has 1 amide bonds. The second-order valence-corrected chi connectivity index (χ2v) is 7.82. The Balaban J connectivity index is 1.45. The van der Waals surface area contributed by atoms with Crippen LogP contribution in [0.25, 0.3) is 11.3 Å². The minimum absolute atomic E-state index is 0.137. The number of hydrogen-bond donors (Lipinski definition) is 1. The van der Waals surface area contributed by atoms with Crippen molar-refractivity contribution in [1.29, 1.82) is 0 Å². The molecular formula is C21H28N4O. The van der Waals surface area contributed by atoms with Crippen molar-refractivity contribution in [2.45, 2.75) is 52.1 Å². The van der Waals surface area contributed by atoms with Crippen LogP contribution < -0.4 is 0 Å². The van der Waals surface area contributed by atoms with E-state index >= 15 is 0 Å². The second-order valence-electron chi connectivity index (χ2n) is 7.82. The fourth-order valence-corrected chi connectivity index (χ4v) is 4.37. The van der Waals surface area contributed by atoms with Gasteiger partial charge < -0.3 is 9.88 Å². The molecule has 1 aromatic carbocycles. The molecule has 0 radical (unpaired) electrons. The van der Waals surface area contributed by atoms with Gasteiger partial charge in [-0.15, -0.1) is 0 Å². The van der Waals surface area contributed by atoms with Gasteiger partial charge in [0.1, 0.15) is 5.82 Å². The first kappa shape index (κ1) is 17.3. The number of nitrogens with zero attached hydrogens (tertiary/aromatic N) is 3. The van der Waals surface area contributed by atoms with Crippen LogP contribution in [0.5, 0.6) is 0 Å². The highest BCUT2D eigenvalue weighted by Crippen LogP contribution is 2.27. The SMILES string of the molecule is Cc1nc(-c2cccc(C(=O)N3CC(N4CCCC[C@@H]4C)C3)c2)c(C)[nH]1. The van der Waals surface area contributed by atoms with Gasteiger partial charge in [-0.25, -0.2) is 4.98 Å². The Morgan fingerprint density at radius 2 is 2.04 bits per heavy atom. The zero-order valence-corrected chi connectivity index (χ0v) is 16.0. The van der Waals surface area contributed by atoms with E-state index in [4.69, 9.17) is 0 Å². The highest BCUT2D eigenvalue weighted by atomic mass is 16.2. The third kappa shape index (κ3) is 3.16. The quantitative estimate of drug-likeness (QED) is 0.921. The Hall–Kier alpha value is -2.14. The molecule has 2 saturated heterocycles. The Bertz CT molecular complexity index is 806. The number of amides is 1. The third-order valence-electron chi connectivity index (χ3n) is 5.86. The van der Waals surface area contributed by atoms with Gasteiger partial charge in [-0.3, -0.25) is 9.69 Å². The summed E-state index contributed by atoms with van der Waals surface area (Å²) >= 11 is 0. The maximum absolute atomic E-state index is 12.9. The van der Waals surface area contributed by atoms with Crippen LogP contribution >= 0.6 is 0 Å². The maximum atomic E-state index is 12.9. The topological polar surface area (TPSA) is 52.2 Å². The zero-order chi connectivity index (χ0) is 18.3. The lowest BCUT2D eigenvalue weighted by atomic mass is 9.96. The number of aromatic amines is 1. The van der Waals surface area contributed by atoms with Crippen molar-refractivity contribution in [3.8, 4) is 11.3 Å². The number of nitrogens with one attached hydrogen (secondary N) is 1. The molecule has 0 spiro atoms. The number of H-pyrrole nitrogens is 1. The van der Waals surface area contributed by atoms with E-state index in [1.54, 1.807) is 0 Å². The van der Waals surface area contributed by atoms with Crippen LogP contribution in [0.15, 0.2) is 24.3 Å². The van der Waals surface area contributed by atoms with Crippen molar-refractivity contribution in [1.82, 2.24) is 19.8 Å². The third-order valence-corrected chi connectivity index (χ3v) is 5.86. The summed E-state index contributed by atoms with van der Waals surface area (Å²) in [6.07, 6.45) is 3.92. The predicted molar refractivity (Wildman–Crippen MR) is 103 cm³/mol. The van der Waals surface area contributed by atoms with Gasteiger partial charge in [0, 0.05) is 42.0 Å². The van der Waals surface area contributed by atoms with Crippen molar-refractivity contribution in [3.05, 3.63) is 41.3 Å². The number of aromatic nitrogens is 2. The zero-order valence-electron chi connectivity index (χ0n) is 16.0. The molecule has 4 rings (SSSR count). The lowest BCUT2D eigenvalue weighted by molar-refractivity contribution is 0.00213. The van der Waals surface area contributed by atoms with Gasteiger partial charge in [-0.2, -0.15) is 0 Å². The molecule has 2 aliphatic rings. The Kier molecular flexibility index (Phi) is 4.57. The molecule has 1 aromatic heterocycles. The van der Waals surface area contributed by atoms with Crippen LogP contribution in [-0.2, 0) is 0 Å². The monoisotopic (exact) mass is 352 g/mol. The minimum atomic E-state index is 0.137.